The highest BCUT2D eigenvalue weighted by atomic mass is 16.4. The molecule has 1 fully saturated rings. The minimum atomic E-state index is -1.05. The van der Waals surface area contributed by atoms with E-state index in [1.807, 2.05) is 6.92 Å². The van der Waals surface area contributed by atoms with Crippen LogP contribution in [0.3, 0.4) is 0 Å². The number of hydrogen-bond acceptors (Lipinski definition) is 2. The fraction of sp³-hybridized carbons (Fsp3) is 0.857. The standard InChI is InChI=1S/C14H26N2O3/c1-10(2)9-11(3)15(5)13(19)16-8-6-7-14(16,4)12(17)18/h10-11H,6-9H2,1-5H3,(H,17,18). The SMILES string of the molecule is CC(C)CC(C)N(C)C(=O)N1CCCC1(C)C(=O)O. The molecule has 1 heterocycles. The van der Waals surface area contributed by atoms with Gasteiger partial charge in [0, 0.05) is 19.6 Å². The molecule has 19 heavy (non-hydrogen) atoms. The Bertz CT molecular complexity index is 357. The number of aliphatic carboxylic acids is 1. The van der Waals surface area contributed by atoms with Crippen molar-refractivity contribution in [1.29, 1.82) is 0 Å². The van der Waals surface area contributed by atoms with Crippen molar-refractivity contribution >= 4 is 12.0 Å². The van der Waals surface area contributed by atoms with E-state index in [9.17, 15) is 14.7 Å². The summed E-state index contributed by atoms with van der Waals surface area (Å²) in [7, 11) is 1.76. The van der Waals surface area contributed by atoms with Gasteiger partial charge in [0.1, 0.15) is 5.54 Å². The van der Waals surface area contributed by atoms with Gasteiger partial charge in [-0.05, 0) is 39.0 Å². The normalized spacial score (nSPS) is 24.6. The molecule has 0 aliphatic carbocycles. The fourth-order valence-electron chi connectivity index (χ4n) is 2.71. The molecule has 0 aromatic heterocycles. The number of rotatable bonds is 4. The van der Waals surface area contributed by atoms with Crippen LogP contribution in [0.5, 0.6) is 0 Å². The third-order valence-electron chi connectivity index (χ3n) is 4.11. The molecule has 1 aliphatic rings. The summed E-state index contributed by atoms with van der Waals surface area (Å²) in [5, 5.41) is 9.35. The molecule has 1 aliphatic heterocycles. The highest BCUT2D eigenvalue weighted by Crippen LogP contribution is 2.30. The molecule has 2 atom stereocenters. The number of likely N-dealkylation sites (tertiary alicyclic amines) is 1. The van der Waals surface area contributed by atoms with E-state index < -0.39 is 11.5 Å². The van der Waals surface area contributed by atoms with E-state index in [0.717, 1.165) is 12.8 Å². The zero-order valence-electron chi connectivity index (χ0n) is 12.6. The Hall–Kier alpha value is -1.26. The molecule has 0 radical (unpaired) electrons. The predicted octanol–water partition coefficient (Wildman–Crippen LogP) is 2.41. The molecular weight excluding hydrogens is 244 g/mol. The number of hydrogen-bond donors (Lipinski definition) is 1. The van der Waals surface area contributed by atoms with E-state index in [4.69, 9.17) is 0 Å². The minimum Gasteiger partial charge on any atom is -0.480 e. The maximum absolute atomic E-state index is 12.5. The Kier molecular flexibility index (Phi) is 4.82. The third kappa shape index (κ3) is 3.19. The number of carboxylic acid groups (broad SMARTS) is 1. The summed E-state index contributed by atoms with van der Waals surface area (Å²) in [6.45, 7) is 8.41. The summed E-state index contributed by atoms with van der Waals surface area (Å²) in [5.41, 5.74) is -1.05. The van der Waals surface area contributed by atoms with Gasteiger partial charge in [0.05, 0.1) is 0 Å². The van der Waals surface area contributed by atoms with Crippen LogP contribution in [0.25, 0.3) is 0 Å². The van der Waals surface area contributed by atoms with Gasteiger partial charge in [-0.3, -0.25) is 0 Å². The molecular formula is C14H26N2O3. The van der Waals surface area contributed by atoms with Crippen molar-refractivity contribution in [3.05, 3.63) is 0 Å². The summed E-state index contributed by atoms with van der Waals surface area (Å²) in [6, 6.07) is -0.0540. The zero-order valence-corrected chi connectivity index (χ0v) is 12.6. The molecule has 0 bridgehead atoms. The number of carboxylic acids is 1. The molecule has 0 spiro atoms. The molecule has 0 aromatic carbocycles. The Morgan fingerprint density at radius 3 is 2.42 bits per heavy atom. The van der Waals surface area contributed by atoms with E-state index >= 15 is 0 Å². The lowest BCUT2D eigenvalue weighted by Crippen LogP contribution is -2.55. The first-order valence-corrected chi connectivity index (χ1v) is 6.98. The van der Waals surface area contributed by atoms with Crippen molar-refractivity contribution in [1.82, 2.24) is 9.80 Å². The Labute approximate surface area is 115 Å². The average Bonchev–Trinajstić information content (AvgIpc) is 2.70. The van der Waals surface area contributed by atoms with Crippen LogP contribution in [0.1, 0.15) is 47.0 Å². The predicted molar refractivity (Wildman–Crippen MR) is 74.1 cm³/mol. The fourth-order valence-corrected chi connectivity index (χ4v) is 2.71. The van der Waals surface area contributed by atoms with Gasteiger partial charge < -0.3 is 14.9 Å². The summed E-state index contributed by atoms with van der Waals surface area (Å²) >= 11 is 0. The first-order valence-electron chi connectivity index (χ1n) is 6.98. The van der Waals surface area contributed by atoms with Crippen LogP contribution in [0.2, 0.25) is 0 Å². The monoisotopic (exact) mass is 270 g/mol. The van der Waals surface area contributed by atoms with Crippen LogP contribution in [0, 0.1) is 5.92 Å². The number of carbonyl (C=O) groups is 2. The number of nitrogens with zero attached hydrogens (tertiary/aromatic N) is 2. The smallest absolute Gasteiger partial charge is 0.329 e. The average molecular weight is 270 g/mol. The van der Waals surface area contributed by atoms with E-state index in [1.54, 1.807) is 18.9 Å². The largest absolute Gasteiger partial charge is 0.480 e. The van der Waals surface area contributed by atoms with Gasteiger partial charge in [-0.1, -0.05) is 13.8 Å². The Morgan fingerprint density at radius 2 is 1.95 bits per heavy atom. The molecule has 0 aromatic rings. The lowest BCUT2D eigenvalue weighted by molar-refractivity contribution is -0.147. The van der Waals surface area contributed by atoms with Crippen LogP contribution in [0.15, 0.2) is 0 Å². The van der Waals surface area contributed by atoms with Crippen LogP contribution in [-0.4, -0.2) is 52.1 Å². The van der Waals surface area contributed by atoms with E-state index in [1.165, 1.54) is 4.90 Å². The van der Waals surface area contributed by atoms with Gasteiger partial charge in [0.2, 0.25) is 0 Å². The van der Waals surface area contributed by atoms with Crippen molar-refractivity contribution in [3.63, 3.8) is 0 Å². The minimum absolute atomic E-state index is 0.117. The first-order chi connectivity index (χ1) is 8.70. The maximum atomic E-state index is 12.5. The quantitative estimate of drug-likeness (QED) is 0.853. The molecule has 1 N–H and O–H groups in total. The van der Waals surface area contributed by atoms with Crippen LogP contribution in [-0.2, 0) is 4.79 Å². The number of urea groups is 1. The van der Waals surface area contributed by atoms with Gasteiger partial charge >= 0.3 is 12.0 Å². The van der Waals surface area contributed by atoms with E-state index in [0.29, 0.717) is 18.9 Å². The summed E-state index contributed by atoms with van der Waals surface area (Å²) in [4.78, 5) is 27.1. The maximum Gasteiger partial charge on any atom is 0.329 e. The molecule has 1 saturated heterocycles. The second-order valence-electron chi connectivity index (χ2n) is 6.21. The van der Waals surface area contributed by atoms with Gasteiger partial charge in [0.25, 0.3) is 0 Å². The Balaban J connectivity index is 2.79. The third-order valence-corrected chi connectivity index (χ3v) is 4.11. The van der Waals surface area contributed by atoms with Crippen molar-refractivity contribution in [2.45, 2.75) is 58.5 Å². The summed E-state index contributed by atoms with van der Waals surface area (Å²) < 4.78 is 0. The van der Waals surface area contributed by atoms with Crippen LogP contribution in [0.4, 0.5) is 4.79 Å². The molecule has 5 nitrogen and oxygen atoms in total. The molecule has 0 saturated carbocycles. The summed E-state index contributed by atoms with van der Waals surface area (Å²) in [5.74, 6) is -0.405. The molecule has 2 amide bonds. The van der Waals surface area contributed by atoms with Crippen LogP contribution >= 0.6 is 0 Å². The molecule has 110 valence electrons. The second-order valence-corrected chi connectivity index (χ2v) is 6.21. The van der Waals surface area contributed by atoms with Gasteiger partial charge in [-0.15, -0.1) is 0 Å². The van der Waals surface area contributed by atoms with Crippen molar-refractivity contribution < 1.29 is 14.7 Å². The highest BCUT2D eigenvalue weighted by molar-refractivity contribution is 5.86. The lowest BCUT2D eigenvalue weighted by atomic mass is 9.99. The van der Waals surface area contributed by atoms with Gasteiger partial charge in [0.15, 0.2) is 0 Å². The van der Waals surface area contributed by atoms with Crippen molar-refractivity contribution in [3.8, 4) is 0 Å². The number of amides is 2. The zero-order chi connectivity index (χ0) is 14.8. The van der Waals surface area contributed by atoms with Crippen molar-refractivity contribution in [2.24, 2.45) is 5.92 Å². The van der Waals surface area contributed by atoms with E-state index in [2.05, 4.69) is 13.8 Å². The topological polar surface area (TPSA) is 60.9 Å². The Morgan fingerprint density at radius 1 is 1.37 bits per heavy atom. The lowest BCUT2D eigenvalue weighted by Gasteiger charge is -2.37. The van der Waals surface area contributed by atoms with Crippen molar-refractivity contribution in [2.75, 3.05) is 13.6 Å². The molecule has 2 unspecified atom stereocenters. The molecule has 5 heteroatoms. The van der Waals surface area contributed by atoms with Crippen LogP contribution < -0.4 is 0 Å². The van der Waals surface area contributed by atoms with Gasteiger partial charge in [-0.25, -0.2) is 9.59 Å². The first kappa shape index (κ1) is 15.8. The number of carbonyl (C=O) groups excluding carboxylic acids is 1. The summed E-state index contributed by atoms with van der Waals surface area (Å²) in [6.07, 6.45) is 2.20. The second kappa shape index (κ2) is 5.80. The highest BCUT2D eigenvalue weighted by Gasteiger charge is 2.47. The van der Waals surface area contributed by atoms with E-state index in [-0.39, 0.29) is 12.1 Å². The molecule has 1 rings (SSSR count). The van der Waals surface area contributed by atoms with Gasteiger partial charge in [-0.2, -0.15) is 0 Å².